The molecule has 2 unspecified atom stereocenters. The summed E-state index contributed by atoms with van der Waals surface area (Å²) in [4.78, 5) is 35.7. The van der Waals surface area contributed by atoms with Crippen molar-refractivity contribution < 1.29 is 19.1 Å². The van der Waals surface area contributed by atoms with Crippen LogP contribution in [0.3, 0.4) is 0 Å². The normalized spacial score (nSPS) is 29.5. The number of rotatable bonds is 2. The van der Waals surface area contributed by atoms with Crippen molar-refractivity contribution in [3.05, 3.63) is 0 Å². The topological polar surface area (TPSA) is 63.7 Å². The minimum atomic E-state index is -0.751. The first-order valence-electron chi connectivity index (χ1n) is 5.17. The van der Waals surface area contributed by atoms with Crippen LogP contribution >= 0.6 is 0 Å². The van der Waals surface area contributed by atoms with E-state index in [1.165, 1.54) is 4.90 Å². The zero-order valence-corrected chi connectivity index (χ0v) is 8.56. The third-order valence-electron chi connectivity index (χ3n) is 2.94. The average molecular weight is 211 g/mol. The van der Waals surface area contributed by atoms with Crippen molar-refractivity contribution in [3.63, 3.8) is 0 Å². The molecule has 2 saturated heterocycles. The van der Waals surface area contributed by atoms with E-state index >= 15 is 0 Å². The maximum absolute atomic E-state index is 11.7. The lowest BCUT2D eigenvalue weighted by molar-refractivity contribution is -0.153. The van der Waals surface area contributed by atoms with E-state index in [1.807, 2.05) is 0 Å². The van der Waals surface area contributed by atoms with Crippen molar-refractivity contribution in [1.82, 2.24) is 4.90 Å². The highest BCUT2D eigenvalue weighted by Gasteiger charge is 2.49. The number of hydrogen-bond donors (Lipinski definition) is 0. The molecule has 0 aromatic heterocycles. The van der Waals surface area contributed by atoms with Crippen LogP contribution in [0.4, 0.5) is 0 Å². The van der Waals surface area contributed by atoms with Crippen LogP contribution in [0.1, 0.15) is 26.2 Å². The van der Waals surface area contributed by atoms with E-state index in [2.05, 4.69) is 0 Å². The summed E-state index contributed by atoms with van der Waals surface area (Å²) in [5, 5.41) is 0. The molecule has 2 fully saturated rings. The molecule has 5 nitrogen and oxygen atoms in total. The van der Waals surface area contributed by atoms with Gasteiger partial charge in [0.15, 0.2) is 0 Å². The summed E-state index contributed by atoms with van der Waals surface area (Å²) < 4.78 is 4.80. The molecule has 0 aliphatic carbocycles. The predicted molar refractivity (Wildman–Crippen MR) is 49.6 cm³/mol. The van der Waals surface area contributed by atoms with E-state index in [9.17, 15) is 14.4 Å². The van der Waals surface area contributed by atoms with Gasteiger partial charge >= 0.3 is 5.97 Å². The van der Waals surface area contributed by atoms with Crippen molar-refractivity contribution in [2.45, 2.75) is 32.2 Å². The molecular formula is C10H13NO4. The highest BCUT2D eigenvalue weighted by atomic mass is 16.5. The fourth-order valence-corrected chi connectivity index (χ4v) is 2.25. The van der Waals surface area contributed by atoms with Crippen LogP contribution in [0.2, 0.25) is 0 Å². The number of carbonyl (C=O) groups is 3. The van der Waals surface area contributed by atoms with Gasteiger partial charge in [0.2, 0.25) is 11.8 Å². The van der Waals surface area contributed by atoms with Gasteiger partial charge in [-0.15, -0.1) is 0 Å². The second kappa shape index (κ2) is 3.64. The van der Waals surface area contributed by atoms with Gasteiger partial charge in [-0.2, -0.15) is 0 Å². The van der Waals surface area contributed by atoms with Crippen LogP contribution in [-0.2, 0) is 19.1 Å². The maximum Gasteiger partial charge on any atom is 0.318 e. The molecule has 2 aliphatic rings. The number of hydrogen-bond acceptors (Lipinski definition) is 4. The van der Waals surface area contributed by atoms with Crippen LogP contribution < -0.4 is 0 Å². The molecule has 82 valence electrons. The smallest absolute Gasteiger partial charge is 0.318 e. The molecule has 2 aliphatic heterocycles. The van der Waals surface area contributed by atoms with E-state index in [0.29, 0.717) is 19.3 Å². The summed E-state index contributed by atoms with van der Waals surface area (Å²) >= 11 is 0. The fraction of sp³-hybridized carbons (Fsp3) is 0.700. The van der Waals surface area contributed by atoms with Gasteiger partial charge in [0.25, 0.3) is 0 Å². The second-order valence-electron chi connectivity index (χ2n) is 3.83. The van der Waals surface area contributed by atoms with E-state index in [1.54, 1.807) is 6.92 Å². The number of amides is 2. The molecule has 0 saturated carbocycles. The number of ether oxygens (including phenoxy) is 1. The molecule has 0 radical (unpaired) electrons. The Hall–Kier alpha value is -1.39. The highest BCUT2D eigenvalue weighted by Crippen LogP contribution is 2.33. The van der Waals surface area contributed by atoms with E-state index in [0.717, 1.165) is 0 Å². The molecule has 0 spiro atoms. The standard InChI is InChI=1S/C10H13NO4/c1-2-15-10(14)7-5-6-3-4-8(12)11(6)9(7)13/h6-7H,2-5H2,1H3. The quantitative estimate of drug-likeness (QED) is 0.369. The van der Waals surface area contributed by atoms with Gasteiger partial charge in [0, 0.05) is 12.5 Å². The van der Waals surface area contributed by atoms with Gasteiger partial charge in [-0.3, -0.25) is 19.3 Å². The van der Waals surface area contributed by atoms with Crippen LogP contribution in [0.25, 0.3) is 0 Å². The molecule has 0 aromatic rings. The monoisotopic (exact) mass is 211 g/mol. The Labute approximate surface area is 87.4 Å². The van der Waals surface area contributed by atoms with E-state index in [-0.39, 0.29) is 24.5 Å². The summed E-state index contributed by atoms with van der Waals surface area (Å²) in [5.74, 6) is -1.78. The third kappa shape index (κ3) is 1.52. The zero-order chi connectivity index (χ0) is 11.0. The Bertz CT molecular complexity index is 325. The Morgan fingerprint density at radius 3 is 2.87 bits per heavy atom. The van der Waals surface area contributed by atoms with Crippen molar-refractivity contribution in [2.75, 3.05) is 6.61 Å². The number of esters is 1. The predicted octanol–water partition coefficient (Wildman–Crippen LogP) is 0.0870. The summed E-state index contributed by atoms with van der Waals surface area (Å²) in [6.07, 6.45) is 1.54. The van der Waals surface area contributed by atoms with Crippen molar-refractivity contribution >= 4 is 17.8 Å². The first kappa shape index (κ1) is 10.1. The van der Waals surface area contributed by atoms with Crippen molar-refractivity contribution in [2.24, 2.45) is 5.92 Å². The van der Waals surface area contributed by atoms with Crippen LogP contribution in [0.15, 0.2) is 0 Å². The van der Waals surface area contributed by atoms with E-state index in [4.69, 9.17) is 4.74 Å². The van der Waals surface area contributed by atoms with Crippen molar-refractivity contribution in [3.8, 4) is 0 Å². The van der Waals surface area contributed by atoms with Crippen molar-refractivity contribution in [1.29, 1.82) is 0 Å². The summed E-state index contributed by atoms with van der Waals surface area (Å²) in [7, 11) is 0. The highest BCUT2D eigenvalue weighted by molar-refractivity contribution is 6.08. The number of imide groups is 1. The van der Waals surface area contributed by atoms with Gasteiger partial charge in [-0.25, -0.2) is 0 Å². The van der Waals surface area contributed by atoms with Crippen LogP contribution in [0, 0.1) is 5.92 Å². The number of nitrogens with zero attached hydrogens (tertiary/aromatic N) is 1. The first-order chi connectivity index (χ1) is 7.15. The Kier molecular flexibility index (Phi) is 2.46. The number of carbonyl (C=O) groups excluding carboxylic acids is 3. The minimum Gasteiger partial charge on any atom is -0.465 e. The lowest BCUT2D eigenvalue weighted by atomic mass is 10.0. The average Bonchev–Trinajstić information content (AvgIpc) is 2.70. The van der Waals surface area contributed by atoms with Gasteiger partial charge in [0.05, 0.1) is 6.61 Å². The Morgan fingerprint density at radius 1 is 1.53 bits per heavy atom. The molecular weight excluding hydrogens is 198 g/mol. The molecule has 15 heavy (non-hydrogen) atoms. The summed E-state index contributed by atoms with van der Waals surface area (Å²) in [5.41, 5.74) is 0. The lowest BCUT2D eigenvalue weighted by Crippen LogP contribution is -2.34. The fourth-order valence-electron chi connectivity index (χ4n) is 2.25. The Balaban J connectivity index is 2.10. The van der Waals surface area contributed by atoms with Crippen LogP contribution in [0.5, 0.6) is 0 Å². The van der Waals surface area contributed by atoms with Gasteiger partial charge in [-0.05, 0) is 19.8 Å². The van der Waals surface area contributed by atoms with Gasteiger partial charge < -0.3 is 4.74 Å². The van der Waals surface area contributed by atoms with Crippen LogP contribution in [-0.4, -0.2) is 35.3 Å². The Morgan fingerprint density at radius 2 is 2.27 bits per heavy atom. The second-order valence-corrected chi connectivity index (χ2v) is 3.83. The SMILES string of the molecule is CCOC(=O)C1CC2CCC(=O)N2C1=O. The summed E-state index contributed by atoms with van der Waals surface area (Å²) in [6.45, 7) is 1.96. The third-order valence-corrected chi connectivity index (χ3v) is 2.94. The molecule has 2 amide bonds. The largest absolute Gasteiger partial charge is 0.465 e. The summed E-state index contributed by atoms with van der Waals surface area (Å²) in [6, 6.07) is -0.0700. The first-order valence-corrected chi connectivity index (χ1v) is 5.17. The van der Waals surface area contributed by atoms with Gasteiger partial charge in [-0.1, -0.05) is 0 Å². The van der Waals surface area contributed by atoms with E-state index < -0.39 is 11.9 Å². The molecule has 0 bridgehead atoms. The molecule has 2 atom stereocenters. The molecule has 0 N–H and O–H groups in total. The van der Waals surface area contributed by atoms with Gasteiger partial charge in [0.1, 0.15) is 5.92 Å². The minimum absolute atomic E-state index is 0.0700. The lowest BCUT2D eigenvalue weighted by Gasteiger charge is -2.11. The maximum atomic E-state index is 11.7. The molecule has 5 heteroatoms. The number of fused-ring (bicyclic) bond motifs is 1. The molecule has 0 aromatic carbocycles. The molecule has 2 rings (SSSR count). The molecule has 2 heterocycles. The zero-order valence-electron chi connectivity index (χ0n) is 8.56.